The van der Waals surface area contributed by atoms with Crippen molar-refractivity contribution in [3.05, 3.63) is 77.2 Å². The molecule has 11 heteroatoms. The number of aliphatic hydroxyl groups is 1. The van der Waals surface area contributed by atoms with Gasteiger partial charge in [-0.1, -0.05) is 26.3 Å². The number of carbonyl (C=O) groups excluding carboxylic acids is 1. The number of oxazole rings is 1. The molecule has 0 bridgehead atoms. The highest BCUT2D eigenvalue weighted by molar-refractivity contribution is 5.79. The summed E-state index contributed by atoms with van der Waals surface area (Å²) in [6, 6.07) is 5.49. The number of rotatable bonds is 8. The Hall–Kier alpha value is -4.12. The van der Waals surface area contributed by atoms with Gasteiger partial charge in [0, 0.05) is 6.20 Å². The Morgan fingerprint density at radius 2 is 1.95 bits per heavy atom. The smallest absolute Gasteiger partial charge is 0.252 e. The summed E-state index contributed by atoms with van der Waals surface area (Å²) < 4.78 is 34.7. The Kier molecular flexibility index (Phi) is 7.17. The van der Waals surface area contributed by atoms with Crippen LogP contribution in [0.15, 0.2) is 47.3 Å². The second-order valence-corrected chi connectivity index (χ2v) is 9.76. The minimum atomic E-state index is -1.61. The van der Waals surface area contributed by atoms with E-state index in [0.717, 1.165) is 37.5 Å². The maximum atomic E-state index is 14.6. The number of hydrogen-bond donors (Lipinski definition) is 2. The van der Waals surface area contributed by atoms with Gasteiger partial charge in [0.05, 0.1) is 34.3 Å². The van der Waals surface area contributed by atoms with Gasteiger partial charge in [-0.05, 0) is 55.4 Å². The molecule has 3 atom stereocenters. The molecule has 1 aliphatic carbocycles. The summed E-state index contributed by atoms with van der Waals surface area (Å²) in [4.78, 5) is 24.7. The Bertz CT molecular complexity index is 1510. The molecule has 9 nitrogen and oxygen atoms in total. The zero-order valence-corrected chi connectivity index (χ0v) is 21.6. The van der Waals surface area contributed by atoms with E-state index in [-0.39, 0.29) is 28.8 Å². The first-order valence-corrected chi connectivity index (χ1v) is 12.9. The minimum Gasteiger partial charge on any atom is -0.443 e. The van der Waals surface area contributed by atoms with Crippen LogP contribution >= 0.6 is 0 Å². The van der Waals surface area contributed by atoms with Gasteiger partial charge in [-0.3, -0.25) is 9.78 Å². The van der Waals surface area contributed by atoms with Gasteiger partial charge in [0.1, 0.15) is 29.3 Å². The number of nitrogens with two attached hydrogens (primary N) is 1. The molecule has 0 spiro atoms. The van der Waals surface area contributed by atoms with Crippen molar-refractivity contribution in [2.75, 3.05) is 0 Å². The van der Waals surface area contributed by atoms with Crippen LogP contribution in [0.25, 0.3) is 22.8 Å². The molecule has 0 radical (unpaired) electrons. The summed E-state index contributed by atoms with van der Waals surface area (Å²) in [5.41, 5.74) is 6.95. The molecule has 1 aromatic carbocycles. The SMILES string of the molecule is CCC[C@H]1CC[C@](CC)(c2cncc(-c3nc([C@@H](O)C(N)=O)co3)n2)c2nnc(-c3c(F)cccc3F)cc21. The zero-order valence-electron chi connectivity index (χ0n) is 21.6. The van der Waals surface area contributed by atoms with Crippen molar-refractivity contribution in [2.45, 2.75) is 63.4 Å². The Morgan fingerprint density at radius 1 is 1.18 bits per heavy atom. The van der Waals surface area contributed by atoms with E-state index < -0.39 is 29.1 Å². The number of fused-ring (bicyclic) bond motifs is 1. The van der Waals surface area contributed by atoms with Crippen molar-refractivity contribution in [3.8, 4) is 22.8 Å². The average Bonchev–Trinajstić information content (AvgIpc) is 3.43. The summed E-state index contributed by atoms with van der Waals surface area (Å²) >= 11 is 0. The van der Waals surface area contributed by atoms with Crippen molar-refractivity contribution in [1.82, 2.24) is 25.1 Å². The second kappa shape index (κ2) is 10.6. The lowest BCUT2D eigenvalue weighted by molar-refractivity contribution is -0.126. The van der Waals surface area contributed by atoms with Crippen LogP contribution in [0, 0.1) is 11.6 Å². The van der Waals surface area contributed by atoms with Crippen LogP contribution in [0.4, 0.5) is 8.78 Å². The third-order valence-electron chi connectivity index (χ3n) is 7.51. The van der Waals surface area contributed by atoms with Gasteiger partial charge in [0.25, 0.3) is 5.91 Å². The maximum Gasteiger partial charge on any atom is 0.252 e. The second-order valence-electron chi connectivity index (χ2n) is 9.76. The van der Waals surface area contributed by atoms with Crippen LogP contribution in [-0.2, 0) is 10.2 Å². The van der Waals surface area contributed by atoms with Crippen LogP contribution in [0.5, 0.6) is 0 Å². The lowest BCUT2D eigenvalue weighted by Crippen LogP contribution is -2.36. The number of nitrogens with zero attached hydrogens (tertiary/aromatic N) is 5. The van der Waals surface area contributed by atoms with E-state index in [0.29, 0.717) is 23.5 Å². The van der Waals surface area contributed by atoms with Crippen LogP contribution in [0.2, 0.25) is 0 Å². The molecular formula is C28H28F2N6O3. The molecule has 0 saturated carbocycles. The van der Waals surface area contributed by atoms with Gasteiger partial charge >= 0.3 is 0 Å². The quantitative estimate of drug-likeness (QED) is 0.330. The number of halogens is 2. The number of amides is 1. The van der Waals surface area contributed by atoms with E-state index in [4.69, 9.17) is 15.1 Å². The number of aromatic nitrogens is 5. The van der Waals surface area contributed by atoms with Crippen LogP contribution in [0.3, 0.4) is 0 Å². The molecule has 0 aliphatic heterocycles. The van der Waals surface area contributed by atoms with Crippen molar-refractivity contribution < 1.29 is 23.1 Å². The highest BCUT2D eigenvalue weighted by Crippen LogP contribution is 2.49. The zero-order chi connectivity index (χ0) is 27.7. The first-order chi connectivity index (χ1) is 18.8. The summed E-state index contributed by atoms with van der Waals surface area (Å²) in [5.74, 6) is -2.12. The summed E-state index contributed by atoms with van der Waals surface area (Å²) in [6.45, 7) is 4.12. The van der Waals surface area contributed by atoms with Gasteiger partial charge in [0.15, 0.2) is 6.10 Å². The highest BCUT2D eigenvalue weighted by atomic mass is 19.1. The summed E-state index contributed by atoms with van der Waals surface area (Å²) in [6.07, 6.45) is 6.66. The molecule has 3 aromatic heterocycles. The number of hydrogen-bond acceptors (Lipinski definition) is 8. The highest BCUT2D eigenvalue weighted by Gasteiger charge is 2.43. The topological polar surface area (TPSA) is 141 Å². The van der Waals surface area contributed by atoms with Gasteiger partial charge < -0.3 is 15.3 Å². The number of primary amides is 1. The van der Waals surface area contributed by atoms with E-state index in [1.165, 1.54) is 24.4 Å². The van der Waals surface area contributed by atoms with E-state index in [2.05, 4.69) is 27.1 Å². The van der Waals surface area contributed by atoms with Crippen molar-refractivity contribution in [2.24, 2.45) is 5.73 Å². The van der Waals surface area contributed by atoms with E-state index in [1.54, 1.807) is 12.3 Å². The molecule has 5 rings (SSSR count). The number of benzene rings is 1. The van der Waals surface area contributed by atoms with Crippen LogP contribution in [0.1, 0.15) is 80.6 Å². The van der Waals surface area contributed by atoms with E-state index >= 15 is 0 Å². The third kappa shape index (κ3) is 4.67. The standard InChI is InChI=1S/C28H28F2N6O3/c1-3-6-15-9-10-28(4-2,25-16(15)11-19(35-36-25)23-17(29)7-5-8-18(23)30)22-13-32-12-20(33-22)27-34-21(14-39-27)24(37)26(31)38/h5,7-8,11-15,24,37H,3-4,6,9-10H2,1-2H3,(H2,31,38)/t15-,24+,28+/m0/s1. The Morgan fingerprint density at radius 3 is 2.64 bits per heavy atom. The maximum absolute atomic E-state index is 14.6. The van der Waals surface area contributed by atoms with Crippen LogP contribution < -0.4 is 5.73 Å². The first kappa shape index (κ1) is 26.5. The molecule has 39 heavy (non-hydrogen) atoms. The molecule has 0 unspecified atom stereocenters. The largest absolute Gasteiger partial charge is 0.443 e. The lowest BCUT2D eigenvalue weighted by Gasteiger charge is -2.40. The van der Waals surface area contributed by atoms with E-state index in [1.807, 2.05) is 6.92 Å². The molecule has 202 valence electrons. The summed E-state index contributed by atoms with van der Waals surface area (Å²) in [5, 5.41) is 18.8. The number of carbonyl (C=O) groups is 1. The first-order valence-electron chi connectivity index (χ1n) is 12.9. The fraction of sp³-hybridized carbons (Fsp3) is 0.357. The molecule has 0 fully saturated rings. The molecule has 0 saturated heterocycles. The van der Waals surface area contributed by atoms with Crippen molar-refractivity contribution in [3.63, 3.8) is 0 Å². The van der Waals surface area contributed by atoms with Crippen molar-refractivity contribution in [1.29, 1.82) is 0 Å². The summed E-state index contributed by atoms with van der Waals surface area (Å²) in [7, 11) is 0. The van der Waals surface area contributed by atoms with Gasteiger partial charge in [-0.25, -0.2) is 18.7 Å². The van der Waals surface area contributed by atoms with Gasteiger partial charge in [-0.15, -0.1) is 5.10 Å². The third-order valence-corrected chi connectivity index (χ3v) is 7.51. The average molecular weight is 535 g/mol. The molecular weight excluding hydrogens is 506 g/mol. The predicted octanol–water partition coefficient (Wildman–Crippen LogP) is 4.76. The molecule has 1 amide bonds. The van der Waals surface area contributed by atoms with Crippen LogP contribution in [-0.4, -0.2) is 36.2 Å². The van der Waals surface area contributed by atoms with Gasteiger partial charge in [-0.2, -0.15) is 5.10 Å². The normalized spacial score (nSPS) is 19.5. The monoisotopic (exact) mass is 534 g/mol. The Labute approximate surface area is 223 Å². The fourth-order valence-electron chi connectivity index (χ4n) is 5.45. The van der Waals surface area contributed by atoms with Gasteiger partial charge in [0.2, 0.25) is 5.89 Å². The molecule has 1 aliphatic rings. The molecule has 3 N–H and O–H groups in total. The van der Waals surface area contributed by atoms with Crippen molar-refractivity contribution >= 4 is 5.91 Å². The Balaban J connectivity index is 1.61. The molecule has 3 heterocycles. The predicted molar refractivity (Wildman–Crippen MR) is 137 cm³/mol. The lowest BCUT2D eigenvalue weighted by atomic mass is 9.65. The molecule has 4 aromatic rings. The minimum absolute atomic E-state index is 0.0286. The number of aliphatic hydroxyl groups excluding tert-OH is 1. The van der Waals surface area contributed by atoms with E-state index in [9.17, 15) is 18.7 Å². The fourth-order valence-corrected chi connectivity index (χ4v) is 5.45.